The number of hydrogen-bond donors (Lipinski definition) is 0. The van der Waals surface area contributed by atoms with Crippen LogP contribution in [0, 0.1) is 16.7 Å². The minimum absolute atomic E-state index is 0.0141. The van der Waals surface area contributed by atoms with Crippen LogP contribution in [0.2, 0.25) is 0 Å². The molecule has 0 saturated heterocycles. The Morgan fingerprint density at radius 1 is 0.821 bits per heavy atom. The molecule has 4 aromatic rings. The molecule has 39 heavy (non-hydrogen) atoms. The van der Waals surface area contributed by atoms with Gasteiger partial charge in [0, 0.05) is 17.9 Å². The molecular weight excluding hydrogens is 517 g/mol. The lowest BCUT2D eigenvalue weighted by Gasteiger charge is -2.43. The maximum absolute atomic E-state index is 14.9. The van der Waals surface area contributed by atoms with Gasteiger partial charge in [-0.1, -0.05) is 113 Å². The van der Waals surface area contributed by atoms with Crippen LogP contribution in [-0.4, -0.2) is 25.3 Å². The molecule has 3 atom stereocenters. The van der Waals surface area contributed by atoms with Crippen LogP contribution in [-0.2, 0) is 10.0 Å². The van der Waals surface area contributed by atoms with Crippen molar-refractivity contribution in [2.45, 2.75) is 57.9 Å². The van der Waals surface area contributed by atoms with E-state index < -0.39 is 17.9 Å². The van der Waals surface area contributed by atoms with Crippen molar-refractivity contribution >= 4 is 44.6 Å². The SMILES string of the molecule is CCN([C@@H]1C[C@H]2CC[C@]1(C)C2(C)C)S(=O)(=O)c1cc2ccccc2cc1P(c1ccccc1)c1ccccc1. The van der Waals surface area contributed by atoms with Gasteiger partial charge in [-0.05, 0) is 77.4 Å². The summed E-state index contributed by atoms with van der Waals surface area (Å²) in [5, 5.41) is 5.25. The summed E-state index contributed by atoms with van der Waals surface area (Å²) >= 11 is 0. The zero-order valence-electron chi connectivity index (χ0n) is 23.3. The first-order chi connectivity index (χ1) is 18.7. The molecule has 2 fully saturated rings. The van der Waals surface area contributed by atoms with Gasteiger partial charge in [0.2, 0.25) is 10.0 Å². The minimum atomic E-state index is -3.78. The van der Waals surface area contributed by atoms with E-state index in [9.17, 15) is 8.42 Å². The van der Waals surface area contributed by atoms with E-state index >= 15 is 0 Å². The van der Waals surface area contributed by atoms with Crippen LogP contribution < -0.4 is 15.9 Å². The summed E-state index contributed by atoms with van der Waals surface area (Å²) < 4.78 is 31.8. The van der Waals surface area contributed by atoms with Crippen molar-refractivity contribution in [1.82, 2.24) is 4.31 Å². The zero-order valence-corrected chi connectivity index (χ0v) is 25.1. The molecule has 0 N–H and O–H groups in total. The van der Waals surface area contributed by atoms with Gasteiger partial charge in [-0.25, -0.2) is 8.42 Å². The molecule has 4 aromatic carbocycles. The van der Waals surface area contributed by atoms with Crippen molar-refractivity contribution in [1.29, 1.82) is 0 Å². The van der Waals surface area contributed by atoms with Crippen LogP contribution in [0.4, 0.5) is 0 Å². The summed E-state index contributed by atoms with van der Waals surface area (Å²) in [4.78, 5) is 0.464. The number of rotatable bonds is 7. The first-order valence-corrected chi connectivity index (χ1v) is 16.9. The van der Waals surface area contributed by atoms with Crippen molar-refractivity contribution in [3.05, 3.63) is 97.1 Å². The Morgan fingerprint density at radius 3 is 1.85 bits per heavy atom. The van der Waals surface area contributed by atoms with Gasteiger partial charge in [0.15, 0.2) is 0 Å². The molecule has 0 spiro atoms. The smallest absolute Gasteiger partial charge is 0.207 e. The third-order valence-electron chi connectivity index (χ3n) is 10.1. The van der Waals surface area contributed by atoms with Gasteiger partial charge in [0.25, 0.3) is 0 Å². The molecule has 202 valence electrons. The molecular formula is C34H38NO2PS. The average molecular weight is 556 g/mol. The highest BCUT2D eigenvalue weighted by Gasteiger charge is 2.63. The molecule has 0 aromatic heterocycles. The predicted octanol–water partition coefficient (Wildman–Crippen LogP) is 6.82. The van der Waals surface area contributed by atoms with Gasteiger partial charge >= 0.3 is 0 Å². The van der Waals surface area contributed by atoms with Crippen LogP contribution in [0.25, 0.3) is 10.8 Å². The molecule has 2 bridgehead atoms. The molecule has 0 heterocycles. The van der Waals surface area contributed by atoms with Crippen LogP contribution in [0.3, 0.4) is 0 Å². The van der Waals surface area contributed by atoms with E-state index in [2.05, 4.69) is 81.4 Å². The Balaban J connectivity index is 1.58. The van der Waals surface area contributed by atoms with Crippen LogP contribution >= 0.6 is 7.92 Å². The standard InChI is InChI=1S/C34H38NO2PS/c1-5-35(32-24-27-20-21-34(32,4)33(27,2)3)39(36,37)31-23-26-15-13-12-14-25(26)22-30(31)38(28-16-8-6-9-17-28)29-18-10-7-11-19-29/h6-19,22-23,27,32H,5,20-21,24H2,1-4H3/t27-,32-,34+/m1/s1. The fraction of sp³-hybridized carbons (Fsp3) is 0.353. The number of fused-ring (bicyclic) bond motifs is 3. The molecule has 2 saturated carbocycles. The number of hydrogen-bond acceptors (Lipinski definition) is 2. The van der Waals surface area contributed by atoms with Gasteiger partial charge in [-0.3, -0.25) is 0 Å². The van der Waals surface area contributed by atoms with Crippen molar-refractivity contribution in [2.24, 2.45) is 16.7 Å². The van der Waals surface area contributed by atoms with E-state index in [1.54, 1.807) is 0 Å². The van der Waals surface area contributed by atoms with E-state index in [-0.39, 0.29) is 16.9 Å². The van der Waals surface area contributed by atoms with E-state index in [4.69, 9.17) is 0 Å². The lowest BCUT2D eigenvalue weighted by atomic mass is 9.69. The number of benzene rings is 4. The molecule has 6 rings (SSSR count). The third-order valence-corrected chi connectivity index (χ3v) is 14.7. The Labute approximate surface area is 235 Å². The summed E-state index contributed by atoms with van der Waals surface area (Å²) in [5.41, 5.74) is 0.106. The molecule has 0 radical (unpaired) electrons. The molecule has 3 nitrogen and oxygen atoms in total. The topological polar surface area (TPSA) is 37.4 Å². The highest BCUT2D eigenvalue weighted by molar-refractivity contribution is 7.90. The third kappa shape index (κ3) is 4.19. The highest BCUT2D eigenvalue weighted by Crippen LogP contribution is 2.67. The van der Waals surface area contributed by atoms with Gasteiger partial charge in [-0.2, -0.15) is 4.31 Å². The maximum atomic E-state index is 14.9. The first-order valence-electron chi connectivity index (χ1n) is 14.1. The highest BCUT2D eigenvalue weighted by atomic mass is 32.2. The largest absolute Gasteiger partial charge is 0.244 e. The summed E-state index contributed by atoms with van der Waals surface area (Å²) in [6, 6.07) is 33.1. The van der Waals surface area contributed by atoms with Crippen molar-refractivity contribution in [3.8, 4) is 0 Å². The van der Waals surface area contributed by atoms with Crippen LogP contribution in [0.1, 0.15) is 47.0 Å². The maximum Gasteiger partial charge on any atom is 0.244 e. The van der Waals surface area contributed by atoms with Crippen LogP contribution in [0.15, 0.2) is 102 Å². The fourth-order valence-corrected chi connectivity index (χ4v) is 12.3. The second-order valence-corrected chi connectivity index (χ2v) is 16.1. The summed E-state index contributed by atoms with van der Waals surface area (Å²) in [5.74, 6) is 0.568. The molecule has 2 aliphatic rings. The average Bonchev–Trinajstić information content (AvgIpc) is 3.28. The summed E-state index contributed by atoms with van der Waals surface area (Å²) in [7, 11) is -4.87. The van der Waals surface area contributed by atoms with E-state index in [0.717, 1.165) is 39.5 Å². The number of sulfonamides is 1. The molecule has 2 aliphatic carbocycles. The molecule has 0 amide bonds. The number of nitrogens with zero attached hydrogens (tertiary/aromatic N) is 1. The van der Waals surface area contributed by atoms with E-state index in [1.165, 1.54) is 6.42 Å². The zero-order chi connectivity index (χ0) is 27.4. The molecule has 5 heteroatoms. The van der Waals surface area contributed by atoms with Gasteiger partial charge in [0.1, 0.15) is 0 Å². The molecule has 0 unspecified atom stereocenters. The fourth-order valence-electron chi connectivity index (χ4n) is 7.45. The van der Waals surface area contributed by atoms with Crippen molar-refractivity contribution in [3.63, 3.8) is 0 Å². The van der Waals surface area contributed by atoms with Crippen molar-refractivity contribution in [2.75, 3.05) is 6.54 Å². The monoisotopic (exact) mass is 555 g/mol. The lowest BCUT2D eigenvalue weighted by molar-refractivity contribution is 0.0870. The second kappa shape index (κ2) is 9.84. The Hall–Kier alpha value is -2.52. The normalized spacial score (nSPS) is 24.2. The predicted molar refractivity (Wildman–Crippen MR) is 165 cm³/mol. The summed E-state index contributed by atoms with van der Waals surface area (Å²) in [6.45, 7) is 9.54. The van der Waals surface area contributed by atoms with Gasteiger partial charge in [0.05, 0.1) is 4.90 Å². The Bertz CT molecular complexity index is 1560. The first kappa shape index (κ1) is 26.7. The Morgan fingerprint density at radius 2 is 1.36 bits per heavy atom. The van der Waals surface area contributed by atoms with Crippen molar-refractivity contribution < 1.29 is 8.42 Å². The van der Waals surface area contributed by atoms with Gasteiger partial charge < -0.3 is 0 Å². The quantitative estimate of drug-likeness (QED) is 0.235. The minimum Gasteiger partial charge on any atom is -0.207 e. The second-order valence-electron chi connectivity index (χ2n) is 12.0. The van der Waals surface area contributed by atoms with Gasteiger partial charge in [-0.15, -0.1) is 0 Å². The van der Waals surface area contributed by atoms with E-state index in [0.29, 0.717) is 17.4 Å². The lowest BCUT2D eigenvalue weighted by Crippen LogP contribution is -2.50. The Kier molecular flexibility index (Phi) is 6.73. The van der Waals surface area contributed by atoms with Crippen LogP contribution in [0.5, 0.6) is 0 Å². The molecule has 0 aliphatic heterocycles. The summed E-state index contributed by atoms with van der Waals surface area (Å²) in [6.07, 6.45) is 3.24. The van der Waals surface area contributed by atoms with E-state index in [1.807, 2.05) is 47.6 Å².